The predicted octanol–water partition coefficient (Wildman–Crippen LogP) is 3.30. The zero-order valence-electron chi connectivity index (χ0n) is 9.04. The third kappa shape index (κ3) is 1.66. The first-order chi connectivity index (χ1) is 6.75. The molecule has 1 saturated heterocycles. The van der Waals surface area contributed by atoms with Gasteiger partial charge in [0.2, 0.25) is 0 Å². The molecule has 0 N–H and O–H groups in total. The molecule has 78 valence electrons. The fraction of sp³-hybridized carbons (Fsp3) is 0.833. The molecule has 0 amide bonds. The third-order valence-corrected chi connectivity index (χ3v) is 16.7. The molecule has 2 fully saturated rings. The van der Waals surface area contributed by atoms with Crippen LogP contribution in [0.1, 0.15) is 19.3 Å². The van der Waals surface area contributed by atoms with E-state index in [2.05, 4.69) is 18.7 Å². The van der Waals surface area contributed by atoms with Gasteiger partial charge in [-0.2, -0.15) is 0 Å². The van der Waals surface area contributed by atoms with Gasteiger partial charge in [-0.05, 0) is 0 Å². The van der Waals surface area contributed by atoms with E-state index in [9.17, 15) is 0 Å². The fourth-order valence-electron chi connectivity index (χ4n) is 3.68. The van der Waals surface area contributed by atoms with Gasteiger partial charge >= 0.3 is 94.1 Å². The van der Waals surface area contributed by atoms with Gasteiger partial charge in [0.1, 0.15) is 0 Å². The van der Waals surface area contributed by atoms with Gasteiger partial charge in [-0.15, -0.1) is 0 Å². The van der Waals surface area contributed by atoms with Crippen LogP contribution >= 0.6 is 0 Å². The van der Waals surface area contributed by atoms with Crippen LogP contribution in [-0.2, 0) is 0 Å². The van der Waals surface area contributed by atoms with E-state index in [4.69, 9.17) is 0 Å². The molecule has 0 aromatic heterocycles. The van der Waals surface area contributed by atoms with E-state index < -0.39 is 6.68 Å². The van der Waals surface area contributed by atoms with Crippen molar-refractivity contribution in [3.63, 3.8) is 0 Å². The van der Waals surface area contributed by atoms with Crippen LogP contribution in [0.4, 0.5) is 0 Å². The molecule has 4 atom stereocenters. The Labute approximate surface area is 94.2 Å². The molecule has 0 aromatic rings. The van der Waals surface area contributed by atoms with Crippen molar-refractivity contribution >= 4 is 21.0 Å². The topological polar surface area (TPSA) is 0 Å². The van der Waals surface area contributed by atoms with Gasteiger partial charge in [0.15, 0.2) is 0 Å². The molecule has 3 rings (SSSR count). The molecule has 0 radical (unpaired) electrons. The van der Waals surface area contributed by atoms with Crippen LogP contribution in [0.3, 0.4) is 0 Å². The molecule has 2 heteroatoms. The molecule has 14 heavy (non-hydrogen) atoms. The van der Waals surface area contributed by atoms with E-state index in [0.29, 0.717) is 0 Å². The summed E-state index contributed by atoms with van der Waals surface area (Å²) >= 11 is 1.10. The summed E-state index contributed by atoms with van der Waals surface area (Å²) in [5, 5.41) is 1.62. The Bertz CT molecular complexity index is 255. The molecule has 2 bridgehead atoms. The number of allylic oxidation sites excluding steroid dienone is 2. The van der Waals surface area contributed by atoms with Gasteiger partial charge in [0.05, 0.1) is 0 Å². The first kappa shape index (κ1) is 9.68. The van der Waals surface area contributed by atoms with E-state index in [-0.39, 0.29) is 0 Å². The number of fused-ring (bicyclic) bond motifs is 2. The van der Waals surface area contributed by atoms with Crippen LogP contribution < -0.4 is 0 Å². The van der Waals surface area contributed by atoms with Crippen molar-refractivity contribution in [3.8, 4) is 0 Å². The Hall–Kier alpha value is 0.476. The van der Waals surface area contributed by atoms with Crippen LogP contribution in [-0.4, -0.2) is 21.0 Å². The van der Waals surface area contributed by atoms with Crippen LogP contribution in [0.25, 0.3) is 0 Å². The molecular weight excluding hydrogens is 251 g/mol. The van der Waals surface area contributed by atoms with E-state index in [0.717, 1.165) is 32.1 Å². The summed E-state index contributed by atoms with van der Waals surface area (Å²) in [5.74, 6) is 3.14. The van der Waals surface area contributed by atoms with Crippen molar-refractivity contribution in [2.45, 2.75) is 43.2 Å². The average molecular weight is 271 g/mol. The van der Waals surface area contributed by atoms with Gasteiger partial charge < -0.3 is 0 Å². The molecule has 0 aromatic carbocycles. The zero-order valence-corrected chi connectivity index (χ0v) is 11.8. The Kier molecular flexibility index (Phi) is 2.42. The van der Waals surface area contributed by atoms with E-state index in [1.807, 2.05) is 0 Å². The molecule has 0 nitrogen and oxygen atoms in total. The number of hydrogen-bond acceptors (Lipinski definition) is 0. The number of rotatable bonds is 2. The second-order valence-corrected chi connectivity index (χ2v) is 18.6. The second kappa shape index (κ2) is 3.50. The van der Waals surface area contributed by atoms with Crippen LogP contribution in [0.5, 0.6) is 0 Å². The minimum atomic E-state index is -0.660. The van der Waals surface area contributed by atoms with Gasteiger partial charge in [-0.3, -0.25) is 0 Å². The van der Waals surface area contributed by atoms with Crippen molar-refractivity contribution in [1.29, 1.82) is 0 Å². The molecule has 0 spiro atoms. The molecule has 4 unspecified atom stereocenters. The molecule has 2 aliphatic carbocycles. The van der Waals surface area contributed by atoms with Gasteiger partial charge in [-0.1, -0.05) is 0 Å². The maximum absolute atomic E-state index is 2.70. The Morgan fingerprint density at radius 2 is 2.29 bits per heavy atom. The molecular formula is C12H20SeSi. The van der Waals surface area contributed by atoms with Crippen molar-refractivity contribution in [1.82, 2.24) is 0 Å². The fourth-order valence-corrected chi connectivity index (χ4v) is 16.1. The van der Waals surface area contributed by atoms with E-state index >= 15 is 0 Å². The summed E-state index contributed by atoms with van der Waals surface area (Å²) in [4.78, 5) is 0. The Morgan fingerprint density at radius 1 is 1.36 bits per heavy atom. The van der Waals surface area contributed by atoms with Crippen molar-refractivity contribution < 1.29 is 0 Å². The Morgan fingerprint density at radius 3 is 2.86 bits per heavy atom. The van der Waals surface area contributed by atoms with Gasteiger partial charge in [0, 0.05) is 0 Å². The second-order valence-electron chi connectivity index (χ2n) is 5.65. The summed E-state index contributed by atoms with van der Waals surface area (Å²) in [6.07, 6.45) is 9.69. The summed E-state index contributed by atoms with van der Waals surface area (Å²) in [6, 6.07) is 3.36. The van der Waals surface area contributed by atoms with E-state index in [1.165, 1.54) is 6.42 Å². The van der Waals surface area contributed by atoms with Crippen LogP contribution in [0, 0.1) is 17.8 Å². The normalized spacial score (nSPS) is 50.5. The monoisotopic (exact) mass is 272 g/mol. The van der Waals surface area contributed by atoms with Gasteiger partial charge in [-0.25, -0.2) is 0 Å². The molecule has 1 heterocycles. The molecule has 3 aliphatic rings. The van der Waals surface area contributed by atoms with Crippen molar-refractivity contribution in [2.24, 2.45) is 17.8 Å². The maximum atomic E-state index is 2.70. The zero-order chi connectivity index (χ0) is 9.60. The quantitative estimate of drug-likeness (QED) is 0.534. The van der Waals surface area contributed by atoms with Crippen LogP contribution in [0.15, 0.2) is 12.2 Å². The first-order valence-electron chi connectivity index (χ1n) is 6.07. The van der Waals surface area contributed by atoms with Crippen LogP contribution in [0.2, 0.25) is 24.0 Å². The standard InChI is InChI=1S/C12H20SeSi/c1-14(6-2-5-13-14)9-12-8-10-3-4-11(12)7-10/h3-4,10-12H,2,5-9H2,1H3. The summed E-state index contributed by atoms with van der Waals surface area (Å²) in [5.41, 5.74) is 0. The van der Waals surface area contributed by atoms with Crippen molar-refractivity contribution in [3.05, 3.63) is 12.2 Å². The van der Waals surface area contributed by atoms with E-state index in [1.54, 1.807) is 30.2 Å². The summed E-state index contributed by atoms with van der Waals surface area (Å²) in [7, 11) is 0. The first-order valence-corrected chi connectivity index (χ1v) is 12.7. The average Bonchev–Trinajstić information content (AvgIpc) is 2.80. The summed E-state index contributed by atoms with van der Waals surface area (Å²) in [6.45, 7) is 2.04. The third-order valence-electron chi connectivity index (χ3n) is 4.41. The minimum absolute atomic E-state index is 0.660. The van der Waals surface area contributed by atoms with Crippen molar-refractivity contribution in [2.75, 3.05) is 0 Å². The number of hydrogen-bond donors (Lipinski definition) is 0. The summed E-state index contributed by atoms with van der Waals surface area (Å²) < 4.78 is 0. The predicted molar refractivity (Wildman–Crippen MR) is 65.3 cm³/mol. The van der Waals surface area contributed by atoms with Gasteiger partial charge in [0.25, 0.3) is 0 Å². The molecule has 1 aliphatic heterocycles. The molecule has 1 saturated carbocycles. The SMILES string of the molecule is C[Si]1(CC2CC3C=CC2C3)CCC[Se]1. The Balaban J connectivity index is 1.65.